The Hall–Kier alpha value is -5.55. The molecule has 0 saturated carbocycles. The third kappa shape index (κ3) is 5.61. The summed E-state index contributed by atoms with van der Waals surface area (Å²) in [5.74, 6) is 1.37. The highest BCUT2D eigenvalue weighted by Crippen LogP contribution is 2.35. The second kappa shape index (κ2) is 11.2. The number of aromatic amines is 1. The zero-order chi connectivity index (χ0) is 31.1. The summed E-state index contributed by atoms with van der Waals surface area (Å²) in [6.07, 6.45) is 8.46. The van der Waals surface area contributed by atoms with Crippen molar-refractivity contribution >= 4 is 37.6 Å². The molecule has 3 aromatic carbocycles. The molecule has 10 nitrogen and oxygen atoms in total. The van der Waals surface area contributed by atoms with E-state index < -0.39 is 10.0 Å². The molecule has 11 heteroatoms. The number of fused-ring (bicyclic) bond motifs is 2. The fraction of sp³-hybridized carbons (Fsp3) is 0.118. The molecule has 0 aliphatic heterocycles. The fourth-order valence-corrected chi connectivity index (χ4v) is 6.14. The molecule has 0 unspecified atom stereocenters. The molecule has 0 aliphatic carbocycles. The number of benzene rings is 3. The van der Waals surface area contributed by atoms with Crippen molar-refractivity contribution in [3.63, 3.8) is 0 Å². The molecule has 0 fully saturated rings. The van der Waals surface area contributed by atoms with E-state index in [1.165, 1.54) is 0 Å². The number of H-pyrrole nitrogens is 1. The molecule has 0 aliphatic rings. The van der Waals surface area contributed by atoms with Gasteiger partial charge in [0.25, 0.3) is 0 Å². The van der Waals surface area contributed by atoms with Crippen molar-refractivity contribution in [1.82, 2.24) is 29.7 Å². The van der Waals surface area contributed by atoms with Crippen LogP contribution in [0.4, 0.5) is 5.69 Å². The van der Waals surface area contributed by atoms with Crippen LogP contribution in [0.1, 0.15) is 11.1 Å². The number of rotatable bonds is 8. The van der Waals surface area contributed by atoms with Crippen LogP contribution in [0, 0.1) is 6.92 Å². The predicted octanol–water partition coefficient (Wildman–Crippen LogP) is 6.44. The normalized spacial score (nSPS) is 11.7. The average Bonchev–Trinajstić information content (AvgIpc) is 3.62. The molecule has 45 heavy (non-hydrogen) atoms. The number of methoxy groups -OCH3 is 1. The van der Waals surface area contributed by atoms with Crippen molar-refractivity contribution in [2.75, 3.05) is 18.1 Å². The SMILES string of the molecule is COc1ccc(Cn2nc(-c3nc4ccc(NS(C)(=O)=O)cc4[nH]3)c3cc(-c4cncc(-c5ccncc5)c4C)ccc32)cc1. The summed E-state index contributed by atoms with van der Waals surface area (Å²) < 4.78 is 33.4. The third-order valence-electron chi connectivity index (χ3n) is 7.77. The number of anilines is 1. The minimum atomic E-state index is -3.42. The van der Waals surface area contributed by atoms with Crippen LogP contribution in [-0.4, -0.2) is 51.5 Å². The van der Waals surface area contributed by atoms with Crippen LogP contribution in [0.2, 0.25) is 0 Å². The standard InChI is InChI=1S/C34H29N7O3S/c1-21-28(23-12-14-35-15-13-23)18-36-19-29(21)24-6-11-32-27(16-24)33(39-41(32)20-22-4-8-26(44-2)9-5-22)34-37-30-10-7-25(17-31(30)38-34)40-45(3,42)43/h4-19,40H,20H2,1-3H3,(H,37,38). The Balaban J connectivity index is 1.37. The van der Waals surface area contributed by atoms with E-state index in [1.807, 2.05) is 53.5 Å². The number of pyridine rings is 2. The van der Waals surface area contributed by atoms with Crippen molar-refractivity contribution in [1.29, 1.82) is 0 Å². The Morgan fingerprint density at radius 2 is 1.64 bits per heavy atom. The Kier molecular flexibility index (Phi) is 7.01. The molecule has 0 radical (unpaired) electrons. The smallest absolute Gasteiger partial charge is 0.229 e. The van der Waals surface area contributed by atoms with Gasteiger partial charge in [0, 0.05) is 41.3 Å². The highest BCUT2D eigenvalue weighted by molar-refractivity contribution is 7.92. The number of ether oxygens (including phenoxy) is 1. The molecule has 4 aromatic heterocycles. The Bertz CT molecular complexity index is 2290. The second-order valence-electron chi connectivity index (χ2n) is 10.9. The molecule has 4 heterocycles. The minimum absolute atomic E-state index is 0.453. The van der Waals surface area contributed by atoms with Gasteiger partial charge in [-0.1, -0.05) is 18.2 Å². The number of sulfonamides is 1. The van der Waals surface area contributed by atoms with Crippen molar-refractivity contribution < 1.29 is 13.2 Å². The van der Waals surface area contributed by atoms with Gasteiger partial charge in [0.15, 0.2) is 5.82 Å². The topological polar surface area (TPSA) is 128 Å². The Morgan fingerprint density at radius 3 is 2.38 bits per heavy atom. The number of hydrogen-bond acceptors (Lipinski definition) is 7. The lowest BCUT2D eigenvalue weighted by atomic mass is 9.95. The quantitative estimate of drug-likeness (QED) is 0.201. The summed E-state index contributed by atoms with van der Waals surface area (Å²) in [7, 11) is -1.77. The lowest BCUT2D eigenvalue weighted by molar-refractivity contribution is 0.414. The van der Waals surface area contributed by atoms with Crippen molar-refractivity contribution in [3.05, 3.63) is 109 Å². The van der Waals surface area contributed by atoms with E-state index in [4.69, 9.17) is 14.8 Å². The van der Waals surface area contributed by atoms with Crippen molar-refractivity contribution in [3.8, 4) is 39.5 Å². The molecule has 7 aromatic rings. The van der Waals surface area contributed by atoms with E-state index in [2.05, 4.69) is 44.8 Å². The third-order valence-corrected chi connectivity index (χ3v) is 8.38. The summed E-state index contributed by atoms with van der Waals surface area (Å²) in [6.45, 7) is 2.65. The van der Waals surface area contributed by atoms with Gasteiger partial charge in [0.1, 0.15) is 11.4 Å². The van der Waals surface area contributed by atoms with Gasteiger partial charge in [-0.25, -0.2) is 13.4 Å². The van der Waals surface area contributed by atoms with Crippen LogP contribution in [0.5, 0.6) is 5.75 Å². The molecule has 224 valence electrons. The van der Waals surface area contributed by atoms with Gasteiger partial charge in [0.05, 0.1) is 42.1 Å². The van der Waals surface area contributed by atoms with Gasteiger partial charge in [-0.05, 0) is 83.8 Å². The molecule has 0 bridgehead atoms. The number of nitrogens with zero attached hydrogens (tertiary/aromatic N) is 5. The minimum Gasteiger partial charge on any atom is -0.497 e. The lowest BCUT2D eigenvalue weighted by Gasteiger charge is -2.12. The number of imidazole rings is 1. The van der Waals surface area contributed by atoms with Gasteiger partial charge in [-0.3, -0.25) is 19.4 Å². The van der Waals surface area contributed by atoms with Crippen LogP contribution in [0.15, 0.2) is 97.6 Å². The lowest BCUT2D eigenvalue weighted by Crippen LogP contribution is -2.09. The first-order valence-electron chi connectivity index (χ1n) is 14.2. The first-order valence-corrected chi connectivity index (χ1v) is 16.1. The first kappa shape index (κ1) is 28.2. The maximum absolute atomic E-state index is 11.8. The molecule has 0 saturated heterocycles. The number of hydrogen-bond donors (Lipinski definition) is 2. The van der Waals surface area contributed by atoms with Crippen LogP contribution in [0.3, 0.4) is 0 Å². The average molecular weight is 616 g/mol. The highest BCUT2D eigenvalue weighted by atomic mass is 32.2. The van der Waals surface area contributed by atoms with E-state index in [-0.39, 0.29) is 0 Å². The highest BCUT2D eigenvalue weighted by Gasteiger charge is 2.19. The first-order chi connectivity index (χ1) is 21.8. The molecule has 2 N–H and O–H groups in total. The second-order valence-corrected chi connectivity index (χ2v) is 12.6. The van der Waals surface area contributed by atoms with E-state index in [0.717, 1.165) is 56.3 Å². The van der Waals surface area contributed by atoms with Gasteiger partial charge in [-0.2, -0.15) is 5.10 Å². The van der Waals surface area contributed by atoms with E-state index in [1.54, 1.807) is 37.7 Å². The van der Waals surface area contributed by atoms with Crippen LogP contribution < -0.4 is 9.46 Å². The molecule has 0 atom stereocenters. The summed E-state index contributed by atoms with van der Waals surface area (Å²) in [6, 6.07) is 23.4. The zero-order valence-electron chi connectivity index (χ0n) is 24.8. The van der Waals surface area contributed by atoms with Gasteiger partial charge < -0.3 is 9.72 Å². The molecular weight excluding hydrogens is 586 g/mol. The summed E-state index contributed by atoms with van der Waals surface area (Å²) in [5.41, 5.74) is 9.77. The zero-order valence-corrected chi connectivity index (χ0v) is 25.6. The predicted molar refractivity (Wildman–Crippen MR) is 177 cm³/mol. The number of nitrogens with one attached hydrogen (secondary N) is 2. The van der Waals surface area contributed by atoms with Crippen LogP contribution >= 0.6 is 0 Å². The van der Waals surface area contributed by atoms with E-state index >= 15 is 0 Å². The molecule has 7 rings (SSSR count). The molecule has 0 spiro atoms. The summed E-state index contributed by atoms with van der Waals surface area (Å²) in [5, 5.41) is 5.97. The van der Waals surface area contributed by atoms with E-state index in [0.29, 0.717) is 34.8 Å². The van der Waals surface area contributed by atoms with E-state index in [9.17, 15) is 8.42 Å². The molecule has 0 amide bonds. The summed E-state index contributed by atoms with van der Waals surface area (Å²) in [4.78, 5) is 16.9. The fourth-order valence-electron chi connectivity index (χ4n) is 5.58. The van der Waals surface area contributed by atoms with Crippen molar-refractivity contribution in [2.45, 2.75) is 13.5 Å². The van der Waals surface area contributed by atoms with Crippen LogP contribution in [0.25, 0.3) is 55.7 Å². The van der Waals surface area contributed by atoms with Gasteiger partial charge in [-0.15, -0.1) is 0 Å². The Morgan fingerprint density at radius 1 is 0.889 bits per heavy atom. The maximum atomic E-state index is 11.8. The van der Waals surface area contributed by atoms with Crippen molar-refractivity contribution in [2.24, 2.45) is 0 Å². The Labute approximate surface area is 259 Å². The van der Waals surface area contributed by atoms with Crippen LogP contribution in [-0.2, 0) is 16.6 Å². The maximum Gasteiger partial charge on any atom is 0.229 e. The van der Waals surface area contributed by atoms with Gasteiger partial charge in [0.2, 0.25) is 10.0 Å². The molecular formula is C34H29N7O3S. The number of aromatic nitrogens is 6. The largest absolute Gasteiger partial charge is 0.497 e. The van der Waals surface area contributed by atoms with Gasteiger partial charge >= 0.3 is 0 Å². The summed E-state index contributed by atoms with van der Waals surface area (Å²) >= 11 is 0. The monoisotopic (exact) mass is 615 g/mol.